The molecule has 1 unspecified atom stereocenters. The molecule has 3 N–H and O–H groups in total. The molecule has 104 valence electrons. The lowest BCUT2D eigenvalue weighted by molar-refractivity contribution is -0.139. The molecule has 0 aliphatic heterocycles. The fraction of sp³-hybridized carbons (Fsp3) is 0.800. The zero-order chi connectivity index (χ0) is 13.7. The van der Waals surface area contributed by atoms with Crippen molar-refractivity contribution in [3.63, 3.8) is 0 Å². The molecule has 1 fully saturated rings. The topological polar surface area (TPSA) is 89.9 Å². The predicted molar refractivity (Wildman–Crippen MR) is 57.3 cm³/mol. The second-order valence-electron chi connectivity index (χ2n) is 4.16. The highest BCUT2D eigenvalue weighted by molar-refractivity contribution is 5.83. The molecule has 18 heavy (non-hydrogen) atoms. The molecule has 0 aromatic heterocycles. The number of aliphatic carboxylic acids is 1. The molecule has 0 bridgehead atoms. The number of carboxylic acids is 1. The van der Waals surface area contributed by atoms with Crippen molar-refractivity contribution in [2.45, 2.75) is 25.3 Å². The van der Waals surface area contributed by atoms with Gasteiger partial charge in [-0.2, -0.15) is 0 Å². The van der Waals surface area contributed by atoms with Gasteiger partial charge in [0.1, 0.15) is 6.04 Å². The Kier molecular flexibility index (Phi) is 5.26. The highest BCUT2D eigenvalue weighted by Gasteiger charge is 2.38. The number of carbonyl (C=O) groups excluding carboxylic acids is 1. The number of rotatable bonds is 7. The van der Waals surface area contributed by atoms with E-state index in [4.69, 9.17) is 10.2 Å². The van der Waals surface area contributed by atoms with Crippen LogP contribution in [0.3, 0.4) is 0 Å². The summed E-state index contributed by atoms with van der Waals surface area (Å²) >= 11 is 0. The first-order valence-electron chi connectivity index (χ1n) is 5.63. The summed E-state index contributed by atoms with van der Waals surface area (Å²) in [4.78, 5) is 23.2. The van der Waals surface area contributed by atoms with Gasteiger partial charge in [0.05, 0.1) is 13.2 Å². The highest BCUT2D eigenvalue weighted by atomic mass is 19.3. The van der Waals surface area contributed by atoms with Gasteiger partial charge in [0, 0.05) is 6.54 Å². The Morgan fingerprint density at radius 2 is 2.00 bits per heavy atom. The molecule has 1 rings (SSSR count). The summed E-state index contributed by atoms with van der Waals surface area (Å²) in [5.41, 5.74) is 0. The number of nitrogens with one attached hydrogen (secondary N) is 1. The number of alkyl halides is 2. The Bertz CT molecular complexity index is 310. The van der Waals surface area contributed by atoms with Gasteiger partial charge in [-0.1, -0.05) is 0 Å². The zero-order valence-electron chi connectivity index (χ0n) is 9.68. The molecule has 0 heterocycles. The number of hydrogen-bond donors (Lipinski definition) is 3. The standard InChI is InChI=1S/C10H16F2N2O4/c11-7(12)5-14(3-4-15)10(18)13-8(9(16)17)6-1-2-6/h6-8,15H,1-5H2,(H,13,18)(H,16,17). The van der Waals surface area contributed by atoms with Crippen molar-refractivity contribution in [2.24, 2.45) is 5.92 Å². The quantitative estimate of drug-likeness (QED) is 0.610. The molecule has 0 radical (unpaired) electrons. The second-order valence-corrected chi connectivity index (χ2v) is 4.16. The number of aliphatic hydroxyl groups is 1. The highest BCUT2D eigenvalue weighted by Crippen LogP contribution is 2.32. The first kappa shape index (κ1) is 14.6. The Hall–Kier alpha value is -1.44. The van der Waals surface area contributed by atoms with E-state index in [-0.39, 0.29) is 12.5 Å². The Morgan fingerprint density at radius 1 is 1.39 bits per heavy atom. The molecule has 1 atom stereocenters. The maximum absolute atomic E-state index is 12.2. The van der Waals surface area contributed by atoms with E-state index in [1.54, 1.807) is 0 Å². The lowest BCUT2D eigenvalue weighted by Crippen LogP contribution is -2.50. The summed E-state index contributed by atoms with van der Waals surface area (Å²) in [5, 5.41) is 19.8. The third-order valence-corrected chi connectivity index (χ3v) is 2.65. The van der Waals surface area contributed by atoms with Gasteiger partial charge in [0.25, 0.3) is 6.43 Å². The largest absolute Gasteiger partial charge is 0.480 e. The van der Waals surface area contributed by atoms with Crippen molar-refractivity contribution in [3.05, 3.63) is 0 Å². The number of carbonyl (C=O) groups is 2. The average molecular weight is 266 g/mol. The van der Waals surface area contributed by atoms with Crippen LogP contribution in [0.15, 0.2) is 0 Å². The molecule has 1 saturated carbocycles. The number of nitrogens with zero attached hydrogens (tertiary/aromatic N) is 1. The number of urea groups is 1. The summed E-state index contributed by atoms with van der Waals surface area (Å²) in [6, 6.07) is -1.93. The Balaban J connectivity index is 2.55. The van der Waals surface area contributed by atoms with Crippen molar-refractivity contribution >= 4 is 12.0 Å². The normalized spacial score (nSPS) is 16.4. The Labute approximate surface area is 103 Å². The zero-order valence-corrected chi connectivity index (χ0v) is 9.68. The molecular weight excluding hydrogens is 250 g/mol. The van der Waals surface area contributed by atoms with Crippen LogP contribution < -0.4 is 5.32 Å². The number of hydrogen-bond acceptors (Lipinski definition) is 3. The van der Waals surface area contributed by atoms with Gasteiger partial charge in [-0.25, -0.2) is 18.4 Å². The lowest BCUT2D eigenvalue weighted by Gasteiger charge is -2.24. The van der Waals surface area contributed by atoms with E-state index < -0.39 is 37.6 Å². The van der Waals surface area contributed by atoms with Crippen LogP contribution in [0.4, 0.5) is 13.6 Å². The molecule has 1 aliphatic rings. The van der Waals surface area contributed by atoms with E-state index in [9.17, 15) is 18.4 Å². The second kappa shape index (κ2) is 6.48. The van der Waals surface area contributed by atoms with Crippen LogP contribution in [0.5, 0.6) is 0 Å². The Morgan fingerprint density at radius 3 is 2.39 bits per heavy atom. The van der Waals surface area contributed by atoms with Gasteiger partial charge in [0.2, 0.25) is 0 Å². The maximum Gasteiger partial charge on any atom is 0.326 e. The van der Waals surface area contributed by atoms with Crippen molar-refractivity contribution in [1.82, 2.24) is 10.2 Å². The van der Waals surface area contributed by atoms with Gasteiger partial charge >= 0.3 is 12.0 Å². The molecule has 0 aromatic rings. The number of aliphatic hydroxyl groups excluding tert-OH is 1. The van der Waals surface area contributed by atoms with Gasteiger partial charge < -0.3 is 20.4 Å². The first-order chi connectivity index (χ1) is 8.45. The monoisotopic (exact) mass is 266 g/mol. The van der Waals surface area contributed by atoms with Gasteiger partial charge in [-0.3, -0.25) is 0 Å². The minimum Gasteiger partial charge on any atom is -0.480 e. The van der Waals surface area contributed by atoms with E-state index in [0.717, 1.165) is 0 Å². The van der Waals surface area contributed by atoms with Crippen LogP contribution in [0.25, 0.3) is 0 Å². The summed E-state index contributed by atoms with van der Waals surface area (Å²) in [7, 11) is 0. The first-order valence-corrected chi connectivity index (χ1v) is 5.63. The molecular formula is C10H16F2N2O4. The van der Waals surface area contributed by atoms with Crippen molar-refractivity contribution in [1.29, 1.82) is 0 Å². The minimum absolute atomic E-state index is 0.131. The summed E-state index contributed by atoms with van der Waals surface area (Å²) in [5.74, 6) is -1.30. The summed E-state index contributed by atoms with van der Waals surface area (Å²) < 4.78 is 24.4. The molecule has 0 aromatic carbocycles. The van der Waals surface area contributed by atoms with Crippen LogP contribution >= 0.6 is 0 Å². The van der Waals surface area contributed by atoms with Crippen molar-refractivity contribution in [2.75, 3.05) is 19.7 Å². The molecule has 6 nitrogen and oxygen atoms in total. The van der Waals surface area contributed by atoms with E-state index in [1.807, 2.05) is 0 Å². The number of amides is 2. The van der Waals surface area contributed by atoms with E-state index in [0.29, 0.717) is 17.7 Å². The van der Waals surface area contributed by atoms with E-state index in [2.05, 4.69) is 5.32 Å². The van der Waals surface area contributed by atoms with Gasteiger partial charge in [0.15, 0.2) is 0 Å². The number of halogens is 2. The molecule has 1 aliphatic carbocycles. The third-order valence-electron chi connectivity index (χ3n) is 2.65. The maximum atomic E-state index is 12.2. The number of carboxylic acid groups (broad SMARTS) is 1. The smallest absolute Gasteiger partial charge is 0.326 e. The molecule has 2 amide bonds. The fourth-order valence-electron chi connectivity index (χ4n) is 1.60. The van der Waals surface area contributed by atoms with Crippen LogP contribution in [0, 0.1) is 5.92 Å². The summed E-state index contributed by atoms with van der Waals surface area (Å²) in [6.45, 7) is -1.54. The van der Waals surface area contributed by atoms with Gasteiger partial charge in [-0.05, 0) is 18.8 Å². The van der Waals surface area contributed by atoms with Crippen LogP contribution in [-0.4, -0.2) is 59.3 Å². The summed E-state index contributed by atoms with van der Waals surface area (Å²) in [6.07, 6.45) is -1.33. The molecule has 8 heteroatoms. The third kappa shape index (κ3) is 4.44. The minimum atomic E-state index is -2.73. The lowest BCUT2D eigenvalue weighted by atomic mass is 10.2. The average Bonchev–Trinajstić information content (AvgIpc) is 3.07. The molecule has 0 spiro atoms. The van der Waals surface area contributed by atoms with E-state index in [1.165, 1.54) is 0 Å². The fourth-order valence-corrected chi connectivity index (χ4v) is 1.60. The predicted octanol–water partition coefficient (Wildman–Crippen LogP) is 0.119. The van der Waals surface area contributed by atoms with Crippen LogP contribution in [0.1, 0.15) is 12.8 Å². The molecule has 0 saturated heterocycles. The van der Waals surface area contributed by atoms with Crippen LogP contribution in [0.2, 0.25) is 0 Å². The van der Waals surface area contributed by atoms with Crippen LogP contribution in [-0.2, 0) is 4.79 Å². The van der Waals surface area contributed by atoms with Crippen molar-refractivity contribution in [3.8, 4) is 0 Å². The SMILES string of the molecule is O=C(O)C(NC(=O)N(CCO)CC(F)F)C1CC1. The van der Waals surface area contributed by atoms with Crippen molar-refractivity contribution < 1.29 is 28.6 Å². The van der Waals surface area contributed by atoms with E-state index >= 15 is 0 Å². The van der Waals surface area contributed by atoms with Gasteiger partial charge in [-0.15, -0.1) is 0 Å².